The van der Waals surface area contributed by atoms with Crippen LogP contribution in [0.5, 0.6) is 0 Å². The summed E-state index contributed by atoms with van der Waals surface area (Å²) >= 11 is 0. The van der Waals surface area contributed by atoms with E-state index in [9.17, 15) is 9.59 Å². The van der Waals surface area contributed by atoms with Crippen LogP contribution in [0.3, 0.4) is 0 Å². The molecule has 1 fully saturated rings. The van der Waals surface area contributed by atoms with Crippen LogP contribution in [0.25, 0.3) is 0 Å². The van der Waals surface area contributed by atoms with Gasteiger partial charge in [0.15, 0.2) is 5.78 Å². The highest BCUT2D eigenvalue weighted by Gasteiger charge is 2.34. The highest BCUT2D eigenvalue weighted by Crippen LogP contribution is 2.19. The number of hydrogen-bond acceptors (Lipinski definition) is 4. The molecule has 1 aliphatic heterocycles. The summed E-state index contributed by atoms with van der Waals surface area (Å²) in [7, 11) is 0. The second-order valence-corrected chi connectivity index (χ2v) is 4.52. The van der Waals surface area contributed by atoms with Gasteiger partial charge in [0, 0.05) is 6.54 Å². The first kappa shape index (κ1) is 13.5. The number of ether oxygens (including phenoxy) is 1. The quantitative estimate of drug-likeness (QED) is 0.890. The fourth-order valence-electron chi connectivity index (χ4n) is 2.23. The molecule has 1 aliphatic rings. The third kappa shape index (κ3) is 3.32. The van der Waals surface area contributed by atoms with Crippen molar-refractivity contribution in [1.29, 1.82) is 0 Å². The van der Waals surface area contributed by atoms with Crippen molar-refractivity contribution in [3.63, 3.8) is 0 Å². The zero-order chi connectivity index (χ0) is 13.7. The second-order valence-electron chi connectivity index (χ2n) is 4.52. The number of ketones is 1. The average molecular weight is 263 g/mol. The molecule has 1 aromatic carbocycles. The third-order valence-electron chi connectivity index (χ3n) is 3.22. The van der Waals surface area contributed by atoms with E-state index in [4.69, 9.17) is 9.84 Å². The SMILES string of the molecule is O=C(CO)C1CCCN1C(=O)OCc1ccccc1. The van der Waals surface area contributed by atoms with Crippen molar-refractivity contribution < 1.29 is 19.4 Å². The summed E-state index contributed by atoms with van der Waals surface area (Å²) < 4.78 is 5.19. The lowest BCUT2D eigenvalue weighted by Gasteiger charge is -2.22. The maximum absolute atomic E-state index is 11.9. The monoisotopic (exact) mass is 263 g/mol. The molecular formula is C14H17NO4. The van der Waals surface area contributed by atoms with Crippen LogP contribution in [-0.4, -0.2) is 41.1 Å². The Hall–Kier alpha value is -1.88. The van der Waals surface area contributed by atoms with Crippen molar-refractivity contribution in [3.05, 3.63) is 35.9 Å². The Balaban J connectivity index is 1.90. The van der Waals surface area contributed by atoms with Gasteiger partial charge in [-0.3, -0.25) is 9.69 Å². The second kappa shape index (κ2) is 6.33. The van der Waals surface area contributed by atoms with E-state index in [1.54, 1.807) is 0 Å². The molecule has 0 radical (unpaired) electrons. The van der Waals surface area contributed by atoms with Crippen LogP contribution in [0.4, 0.5) is 4.79 Å². The Morgan fingerprint density at radius 3 is 2.74 bits per heavy atom. The van der Waals surface area contributed by atoms with E-state index in [0.717, 1.165) is 12.0 Å². The number of likely N-dealkylation sites (tertiary alicyclic amines) is 1. The minimum atomic E-state index is -0.535. The molecule has 1 amide bonds. The van der Waals surface area contributed by atoms with Gasteiger partial charge in [-0.2, -0.15) is 0 Å². The van der Waals surface area contributed by atoms with Crippen LogP contribution in [0, 0.1) is 0 Å². The zero-order valence-corrected chi connectivity index (χ0v) is 10.6. The van der Waals surface area contributed by atoms with Gasteiger partial charge in [-0.25, -0.2) is 4.79 Å². The number of amides is 1. The topological polar surface area (TPSA) is 66.8 Å². The summed E-state index contributed by atoms with van der Waals surface area (Å²) in [5.74, 6) is -0.325. The van der Waals surface area contributed by atoms with Crippen LogP contribution in [-0.2, 0) is 16.1 Å². The van der Waals surface area contributed by atoms with E-state index in [1.807, 2.05) is 30.3 Å². The highest BCUT2D eigenvalue weighted by molar-refractivity contribution is 5.88. The molecule has 1 saturated heterocycles. The number of aliphatic hydroxyl groups is 1. The Kier molecular flexibility index (Phi) is 4.52. The van der Waals surface area contributed by atoms with Crippen molar-refractivity contribution >= 4 is 11.9 Å². The number of Topliss-reactive ketones (excluding diaryl/α,β-unsaturated/α-hetero) is 1. The Morgan fingerprint density at radius 2 is 2.05 bits per heavy atom. The lowest BCUT2D eigenvalue weighted by atomic mass is 10.1. The minimum Gasteiger partial charge on any atom is -0.445 e. The molecule has 5 nitrogen and oxygen atoms in total. The number of nitrogens with zero attached hydrogens (tertiary/aromatic N) is 1. The Labute approximate surface area is 111 Å². The number of rotatable bonds is 4. The number of aliphatic hydroxyl groups excluding tert-OH is 1. The minimum absolute atomic E-state index is 0.191. The molecule has 0 aromatic heterocycles. The molecule has 2 rings (SSSR count). The summed E-state index contributed by atoms with van der Waals surface area (Å²) in [6, 6.07) is 8.84. The first-order valence-corrected chi connectivity index (χ1v) is 6.33. The number of carbonyl (C=O) groups excluding carboxylic acids is 2. The van der Waals surface area contributed by atoms with E-state index in [0.29, 0.717) is 13.0 Å². The van der Waals surface area contributed by atoms with Crippen molar-refractivity contribution in [2.24, 2.45) is 0 Å². The third-order valence-corrected chi connectivity index (χ3v) is 3.22. The van der Waals surface area contributed by atoms with Gasteiger partial charge in [-0.05, 0) is 18.4 Å². The standard InChI is InChI=1S/C14H17NO4/c16-9-13(17)12-7-4-8-15(12)14(18)19-10-11-5-2-1-3-6-11/h1-3,5-6,12,16H,4,7-10H2. The molecule has 0 saturated carbocycles. The molecule has 5 heteroatoms. The van der Waals surface area contributed by atoms with Crippen molar-refractivity contribution in [2.75, 3.05) is 13.2 Å². The number of hydrogen-bond donors (Lipinski definition) is 1. The van der Waals surface area contributed by atoms with Gasteiger partial charge < -0.3 is 9.84 Å². The normalized spacial score (nSPS) is 18.4. The van der Waals surface area contributed by atoms with Crippen LogP contribution < -0.4 is 0 Å². The Morgan fingerprint density at radius 1 is 1.32 bits per heavy atom. The molecule has 0 aliphatic carbocycles. The molecule has 1 atom stereocenters. The van der Waals surface area contributed by atoms with Crippen molar-refractivity contribution in [2.45, 2.75) is 25.5 Å². The van der Waals surface area contributed by atoms with Gasteiger partial charge in [0.2, 0.25) is 0 Å². The summed E-state index contributed by atoms with van der Waals surface area (Å²) in [6.07, 6.45) is 0.865. The van der Waals surface area contributed by atoms with E-state index >= 15 is 0 Å². The number of carbonyl (C=O) groups is 2. The average Bonchev–Trinajstić information content (AvgIpc) is 2.94. The van der Waals surface area contributed by atoms with Gasteiger partial charge in [0.1, 0.15) is 13.2 Å². The van der Waals surface area contributed by atoms with Crippen LogP contribution in [0.15, 0.2) is 30.3 Å². The first-order chi connectivity index (χ1) is 9.22. The fraction of sp³-hybridized carbons (Fsp3) is 0.429. The molecule has 0 bridgehead atoms. The summed E-state index contributed by atoms with van der Waals surface area (Å²) in [4.78, 5) is 24.8. The van der Waals surface area contributed by atoms with Crippen LogP contribution in [0.1, 0.15) is 18.4 Å². The van der Waals surface area contributed by atoms with Crippen molar-refractivity contribution in [1.82, 2.24) is 4.90 Å². The van der Waals surface area contributed by atoms with E-state index in [1.165, 1.54) is 4.90 Å². The number of benzene rings is 1. The molecule has 19 heavy (non-hydrogen) atoms. The van der Waals surface area contributed by atoms with E-state index in [2.05, 4.69) is 0 Å². The van der Waals surface area contributed by atoms with Gasteiger partial charge in [-0.15, -0.1) is 0 Å². The molecular weight excluding hydrogens is 246 g/mol. The van der Waals surface area contributed by atoms with E-state index < -0.39 is 18.7 Å². The Bertz CT molecular complexity index is 446. The largest absolute Gasteiger partial charge is 0.445 e. The predicted molar refractivity (Wildman–Crippen MR) is 68.4 cm³/mol. The maximum atomic E-state index is 11.9. The summed E-state index contributed by atoms with van der Waals surface area (Å²) in [5, 5.41) is 8.87. The summed E-state index contributed by atoms with van der Waals surface area (Å²) in [6.45, 7) is 0.160. The molecule has 1 N–H and O–H groups in total. The highest BCUT2D eigenvalue weighted by atomic mass is 16.6. The predicted octanol–water partition coefficient (Wildman–Crippen LogP) is 1.35. The van der Waals surface area contributed by atoms with Crippen LogP contribution in [0.2, 0.25) is 0 Å². The smallest absolute Gasteiger partial charge is 0.410 e. The van der Waals surface area contributed by atoms with Gasteiger partial charge >= 0.3 is 6.09 Å². The molecule has 0 spiro atoms. The molecule has 1 aromatic rings. The lowest BCUT2D eigenvalue weighted by molar-refractivity contribution is -0.125. The van der Waals surface area contributed by atoms with E-state index in [-0.39, 0.29) is 12.4 Å². The molecule has 102 valence electrons. The summed E-state index contributed by atoms with van der Waals surface area (Å²) in [5.41, 5.74) is 0.903. The fourth-order valence-corrected chi connectivity index (χ4v) is 2.23. The molecule has 1 heterocycles. The van der Waals surface area contributed by atoms with Crippen LogP contribution >= 0.6 is 0 Å². The van der Waals surface area contributed by atoms with Gasteiger partial charge in [-0.1, -0.05) is 30.3 Å². The molecule has 1 unspecified atom stereocenters. The van der Waals surface area contributed by atoms with Crippen molar-refractivity contribution in [3.8, 4) is 0 Å². The van der Waals surface area contributed by atoms with Gasteiger partial charge in [0.25, 0.3) is 0 Å². The lowest BCUT2D eigenvalue weighted by Crippen LogP contribution is -2.41. The van der Waals surface area contributed by atoms with Gasteiger partial charge in [0.05, 0.1) is 6.04 Å². The zero-order valence-electron chi connectivity index (χ0n) is 10.6. The maximum Gasteiger partial charge on any atom is 0.410 e. The first-order valence-electron chi connectivity index (χ1n) is 6.33.